The Morgan fingerprint density at radius 2 is 1.69 bits per heavy atom. The van der Waals surface area contributed by atoms with E-state index in [0.717, 1.165) is 0 Å². The van der Waals surface area contributed by atoms with Gasteiger partial charge in [0.1, 0.15) is 39.5 Å². The van der Waals surface area contributed by atoms with Crippen LogP contribution in [0.25, 0.3) is 0 Å². The van der Waals surface area contributed by atoms with Crippen LogP contribution in [0.5, 0.6) is 0 Å². The van der Waals surface area contributed by atoms with Crippen molar-refractivity contribution >= 4 is 67.3 Å². The number of halogens is 5. The van der Waals surface area contributed by atoms with Gasteiger partial charge in [-0.25, -0.2) is 4.74 Å². The molecule has 0 aromatic heterocycles. The van der Waals surface area contributed by atoms with E-state index in [-0.39, 0.29) is 0 Å². The van der Waals surface area contributed by atoms with Gasteiger partial charge in [-0.1, -0.05) is 29.4 Å². The van der Waals surface area contributed by atoms with Crippen molar-refractivity contribution in [1.29, 1.82) is 0 Å². The Morgan fingerprint density at radius 3 is 1.77 bits per heavy atom. The molecule has 8 heteroatoms. The molecule has 0 bridgehead atoms. The highest BCUT2D eigenvalue weighted by Crippen LogP contribution is 2.84. The monoisotopic (exact) mass is 322 g/mol. The van der Waals surface area contributed by atoms with Gasteiger partial charge in [-0.15, -0.1) is 0 Å². The van der Waals surface area contributed by atoms with Gasteiger partial charge in [0.15, 0.2) is 0 Å². The molecule has 0 aromatic rings. The first-order valence-corrected chi connectivity index (χ1v) is 12.0. The summed E-state index contributed by atoms with van der Waals surface area (Å²) in [5, 5.41) is -3.34. The predicted molar refractivity (Wildman–Crippen MR) is 70.2 cm³/mol. The second kappa shape index (κ2) is 4.96. The summed E-state index contributed by atoms with van der Waals surface area (Å²) in [5.41, 5.74) is 0. The van der Waals surface area contributed by atoms with Gasteiger partial charge in [-0.3, -0.25) is 0 Å². The molecule has 0 fully saturated rings. The van der Waals surface area contributed by atoms with Crippen molar-refractivity contribution in [2.24, 2.45) is 4.74 Å². The fourth-order valence-corrected chi connectivity index (χ4v) is 6.18. The molecule has 1 nitrogen and oxygen atoms in total. The molecule has 1 unspecified atom stereocenters. The van der Waals surface area contributed by atoms with Crippen LogP contribution < -0.4 is 0 Å². The Bertz CT molecular complexity index is 223. The molecule has 0 aliphatic rings. The lowest BCUT2D eigenvalue weighted by Crippen LogP contribution is -2.16. The lowest BCUT2D eigenvalue weighted by Gasteiger charge is -2.23. The summed E-state index contributed by atoms with van der Waals surface area (Å²) in [6, 6.07) is 0. The second-order valence-electron chi connectivity index (χ2n) is 2.87. The number of nitrogens with zero attached hydrogens (tertiary/aromatic N) is 1. The molecule has 0 aromatic carbocycles. The lowest BCUT2D eigenvalue weighted by molar-refractivity contribution is 0.656. The van der Waals surface area contributed by atoms with Crippen molar-refractivity contribution in [1.82, 2.24) is 0 Å². The van der Waals surface area contributed by atoms with Gasteiger partial charge in [0.05, 0.1) is 0 Å². The first kappa shape index (κ1) is 15.1. The molecule has 0 saturated carbocycles. The summed E-state index contributed by atoms with van der Waals surface area (Å²) < 4.78 is 4.23. The van der Waals surface area contributed by atoms with Crippen molar-refractivity contribution in [2.45, 2.75) is 25.5 Å². The number of hydrogen-bond donors (Lipinski definition) is 0. The maximum Gasteiger partial charge on any atom is 0.334 e. The van der Waals surface area contributed by atoms with E-state index in [1.165, 1.54) is 0 Å². The van der Waals surface area contributed by atoms with E-state index in [1.54, 1.807) is 13.6 Å². The Kier molecular flexibility index (Phi) is 5.77. The van der Waals surface area contributed by atoms with E-state index in [1.807, 2.05) is 6.92 Å². The van der Waals surface area contributed by atoms with Gasteiger partial charge in [-0.05, 0) is 6.66 Å². The van der Waals surface area contributed by atoms with Gasteiger partial charge in [0.2, 0.25) is 5.28 Å². The summed E-state index contributed by atoms with van der Waals surface area (Å²) in [5.74, 6) is -2.31. The Morgan fingerprint density at radius 1 is 1.31 bits per heavy atom. The fraction of sp³-hybridized carbons (Fsp3) is 1.00. The molecule has 0 spiro atoms. The third-order valence-corrected chi connectivity index (χ3v) is 7.80. The van der Waals surface area contributed by atoms with Gasteiger partial charge in [0, 0.05) is 13.3 Å². The van der Waals surface area contributed by atoms with Crippen LogP contribution in [0.1, 0.15) is 20.3 Å². The van der Waals surface area contributed by atoms with Crippen LogP contribution in [-0.4, -0.2) is 11.9 Å². The minimum atomic E-state index is -2.63. The second-order valence-corrected chi connectivity index (χ2v) is 17.0. The summed E-state index contributed by atoms with van der Waals surface area (Å²) in [7, 11) is 0. The van der Waals surface area contributed by atoms with Crippen molar-refractivity contribution < 1.29 is 0 Å². The predicted octanol–water partition coefficient (Wildman–Crippen LogP) is 6.73. The van der Waals surface area contributed by atoms with Crippen molar-refractivity contribution in [2.75, 3.05) is 6.66 Å². The van der Waals surface area contributed by atoms with Crippen LogP contribution in [0, 0.1) is 0 Å². The van der Waals surface area contributed by atoms with E-state index in [9.17, 15) is 0 Å². The Hall–Kier alpha value is 2.11. The molecule has 80 valence electrons. The molecule has 0 amide bonds. The topological polar surface area (TPSA) is 12.4 Å². The quantitative estimate of drug-likeness (QED) is 0.510. The standard InChI is InChI=1S/C5H11Cl5NP2/c1-4-5(2,13(8,9)10)11-12(3,6)7/h4H2,1-3H3/q+1. The zero-order valence-electron chi connectivity index (χ0n) is 7.44. The molecule has 0 aliphatic heterocycles. The molecule has 0 radical (unpaired) electrons. The molecule has 1 atom stereocenters. The molecule has 0 rings (SSSR count). The highest BCUT2D eigenvalue weighted by molar-refractivity contribution is 8.33. The van der Waals surface area contributed by atoms with Crippen LogP contribution >= 0.6 is 67.3 Å². The highest BCUT2D eigenvalue weighted by Gasteiger charge is 2.54. The minimum absolute atomic E-state index is 0.617. The van der Waals surface area contributed by atoms with E-state index in [2.05, 4.69) is 4.74 Å². The maximum atomic E-state index is 5.90. The normalized spacial score (nSPS) is 18.2. The molecular formula is C5H11Cl5NP2+. The van der Waals surface area contributed by atoms with E-state index < -0.39 is 16.4 Å². The van der Waals surface area contributed by atoms with Crippen LogP contribution in [0.4, 0.5) is 0 Å². The fourth-order valence-electron chi connectivity index (χ4n) is 0.679. The number of rotatable bonds is 3. The van der Waals surface area contributed by atoms with E-state index in [0.29, 0.717) is 6.42 Å². The van der Waals surface area contributed by atoms with Gasteiger partial charge < -0.3 is 0 Å². The van der Waals surface area contributed by atoms with Crippen LogP contribution in [-0.2, 0) is 0 Å². The van der Waals surface area contributed by atoms with Crippen molar-refractivity contribution in [3.63, 3.8) is 0 Å². The van der Waals surface area contributed by atoms with Gasteiger partial charge in [0.25, 0.3) is 0 Å². The van der Waals surface area contributed by atoms with Gasteiger partial charge in [-0.2, -0.15) is 0 Å². The molecule has 0 heterocycles. The third-order valence-electron chi connectivity index (χ3n) is 1.61. The van der Waals surface area contributed by atoms with E-state index >= 15 is 0 Å². The Balaban J connectivity index is 5.11. The largest absolute Gasteiger partial charge is 0.334 e. The minimum Gasteiger partial charge on any atom is -0.225 e. The number of hydrogen-bond acceptors (Lipinski definition) is 1. The Labute approximate surface area is 104 Å². The first-order valence-electron chi connectivity index (χ1n) is 3.50. The lowest BCUT2D eigenvalue weighted by atomic mass is 10.3. The molecular weight excluding hydrogens is 313 g/mol. The van der Waals surface area contributed by atoms with Crippen molar-refractivity contribution in [3.05, 3.63) is 0 Å². The zero-order chi connectivity index (χ0) is 10.9. The maximum absolute atomic E-state index is 5.90. The van der Waals surface area contributed by atoms with Crippen LogP contribution in [0.15, 0.2) is 4.74 Å². The average Bonchev–Trinajstić information content (AvgIpc) is 1.81. The van der Waals surface area contributed by atoms with E-state index in [4.69, 9.17) is 56.2 Å². The SMILES string of the molecule is CCC(C)(N=P(C)(Cl)Cl)[P+](Cl)(Cl)Cl. The van der Waals surface area contributed by atoms with Crippen LogP contribution in [0.2, 0.25) is 0 Å². The highest BCUT2D eigenvalue weighted by atomic mass is 36.1. The molecule has 13 heavy (non-hydrogen) atoms. The summed E-state index contributed by atoms with van der Waals surface area (Å²) >= 11 is 29.4. The molecule has 0 saturated heterocycles. The smallest absolute Gasteiger partial charge is 0.225 e. The van der Waals surface area contributed by atoms with Crippen LogP contribution in [0.3, 0.4) is 0 Å². The molecule has 0 aliphatic carbocycles. The molecule has 0 N–H and O–H groups in total. The third kappa shape index (κ3) is 5.12. The summed E-state index contributed by atoms with van der Waals surface area (Å²) in [4.78, 5) is 0. The first-order chi connectivity index (χ1) is 5.52. The summed E-state index contributed by atoms with van der Waals surface area (Å²) in [6.45, 7) is 5.33. The zero-order valence-corrected chi connectivity index (χ0v) is 13.0. The average molecular weight is 324 g/mol. The van der Waals surface area contributed by atoms with Crippen molar-refractivity contribution in [3.8, 4) is 0 Å². The van der Waals surface area contributed by atoms with Gasteiger partial charge >= 0.3 is 5.32 Å². The summed E-state index contributed by atoms with van der Waals surface area (Å²) in [6.07, 6.45) is 0.617.